The van der Waals surface area contributed by atoms with Crippen LogP contribution in [0.3, 0.4) is 0 Å². The summed E-state index contributed by atoms with van der Waals surface area (Å²) in [5, 5.41) is 14.2. The van der Waals surface area contributed by atoms with Gasteiger partial charge in [-0.25, -0.2) is 0 Å². The monoisotopic (exact) mass is 312 g/mol. The number of nitro groups is 1. The molecule has 0 amide bonds. The minimum Gasteiger partial charge on any atom is -0.312 e. The van der Waals surface area contributed by atoms with E-state index in [0.29, 0.717) is 6.54 Å². The van der Waals surface area contributed by atoms with Crippen LogP contribution in [0.15, 0.2) is 22.7 Å². The van der Waals surface area contributed by atoms with E-state index in [-0.39, 0.29) is 10.6 Å². The van der Waals surface area contributed by atoms with Crippen LogP contribution in [-0.2, 0) is 6.54 Å². The quantitative estimate of drug-likeness (QED) is 0.475. The van der Waals surface area contributed by atoms with E-state index in [1.807, 2.05) is 6.07 Å². The molecule has 0 bridgehead atoms. The topological polar surface area (TPSA) is 55.2 Å². The third-order valence-corrected chi connectivity index (χ3v) is 3.71. The molecule has 1 fully saturated rings. The number of nitrogens with zero attached hydrogens (tertiary/aromatic N) is 1. The Balaban J connectivity index is 1.82. The van der Waals surface area contributed by atoms with E-state index < -0.39 is 0 Å². The third-order valence-electron chi connectivity index (χ3n) is 3.22. The van der Waals surface area contributed by atoms with Crippen molar-refractivity contribution >= 4 is 21.6 Å². The van der Waals surface area contributed by atoms with Crippen LogP contribution in [-0.4, -0.2) is 11.5 Å². The molecule has 2 rings (SSSR count). The number of nitrogens with one attached hydrogen (secondary N) is 1. The highest BCUT2D eigenvalue weighted by molar-refractivity contribution is 9.10. The number of benzene rings is 1. The highest BCUT2D eigenvalue weighted by Crippen LogP contribution is 2.33. The maximum Gasteiger partial charge on any atom is 0.273 e. The molecule has 0 spiro atoms. The Morgan fingerprint density at radius 1 is 1.44 bits per heavy atom. The number of halogens is 1. The molecule has 0 aromatic heterocycles. The molecule has 5 heteroatoms. The van der Waals surface area contributed by atoms with Crippen LogP contribution in [0.1, 0.15) is 31.2 Å². The van der Waals surface area contributed by atoms with Crippen molar-refractivity contribution in [3.05, 3.63) is 38.3 Å². The van der Waals surface area contributed by atoms with E-state index in [0.717, 1.165) is 28.9 Å². The van der Waals surface area contributed by atoms with Gasteiger partial charge in [0.25, 0.3) is 5.69 Å². The molecule has 1 aromatic carbocycles. The average molecular weight is 313 g/mol. The van der Waals surface area contributed by atoms with Crippen LogP contribution in [0.2, 0.25) is 0 Å². The first-order valence-electron chi connectivity index (χ1n) is 6.30. The van der Waals surface area contributed by atoms with Gasteiger partial charge in [0.15, 0.2) is 0 Å². The Kier molecular flexibility index (Phi) is 4.72. The Hall–Kier alpha value is -0.940. The second-order valence-corrected chi connectivity index (χ2v) is 5.71. The summed E-state index contributed by atoms with van der Waals surface area (Å²) in [6, 6.07) is 5.06. The van der Waals surface area contributed by atoms with Gasteiger partial charge in [-0.1, -0.05) is 28.8 Å². The number of hydrogen-bond donors (Lipinski definition) is 1. The average Bonchev–Trinajstić information content (AvgIpc) is 3.12. The summed E-state index contributed by atoms with van der Waals surface area (Å²) < 4.78 is 0.878. The fourth-order valence-corrected chi connectivity index (χ4v) is 2.43. The van der Waals surface area contributed by atoms with Crippen molar-refractivity contribution in [1.29, 1.82) is 0 Å². The molecular formula is C13H17BrN2O2. The molecule has 1 saturated carbocycles. The molecule has 0 aliphatic heterocycles. The molecule has 1 aromatic rings. The first-order valence-corrected chi connectivity index (χ1v) is 7.09. The highest BCUT2D eigenvalue weighted by atomic mass is 79.9. The van der Waals surface area contributed by atoms with Gasteiger partial charge < -0.3 is 5.32 Å². The molecule has 1 aliphatic rings. The summed E-state index contributed by atoms with van der Waals surface area (Å²) in [4.78, 5) is 10.6. The normalized spacial score (nSPS) is 14.7. The van der Waals surface area contributed by atoms with E-state index in [2.05, 4.69) is 21.2 Å². The van der Waals surface area contributed by atoms with Crippen molar-refractivity contribution in [3.63, 3.8) is 0 Å². The zero-order valence-corrected chi connectivity index (χ0v) is 11.8. The Labute approximate surface area is 115 Å². The third kappa shape index (κ3) is 4.07. The predicted octanol–water partition coefficient (Wildman–Crippen LogP) is 3.64. The summed E-state index contributed by atoms with van der Waals surface area (Å²) in [5.74, 6) is 0.951. The smallest absolute Gasteiger partial charge is 0.273 e. The fraction of sp³-hybridized carbons (Fsp3) is 0.538. The summed E-state index contributed by atoms with van der Waals surface area (Å²) in [5.41, 5.74) is 0.925. The zero-order chi connectivity index (χ0) is 13.0. The lowest BCUT2D eigenvalue weighted by Crippen LogP contribution is -2.15. The largest absolute Gasteiger partial charge is 0.312 e. The lowest BCUT2D eigenvalue weighted by atomic mass is 10.1. The van der Waals surface area contributed by atoms with Gasteiger partial charge in [-0.3, -0.25) is 10.1 Å². The van der Waals surface area contributed by atoms with Gasteiger partial charge in [0.1, 0.15) is 0 Å². The van der Waals surface area contributed by atoms with Crippen LogP contribution in [0.5, 0.6) is 0 Å². The summed E-state index contributed by atoms with van der Waals surface area (Å²) in [6.45, 7) is 1.49. The van der Waals surface area contributed by atoms with Crippen LogP contribution in [0.4, 0.5) is 5.69 Å². The van der Waals surface area contributed by atoms with Crippen molar-refractivity contribution in [2.75, 3.05) is 6.54 Å². The molecule has 98 valence electrons. The predicted molar refractivity (Wildman–Crippen MR) is 74.5 cm³/mol. The van der Waals surface area contributed by atoms with Gasteiger partial charge in [0.2, 0.25) is 0 Å². The van der Waals surface area contributed by atoms with E-state index in [1.165, 1.54) is 19.3 Å². The highest BCUT2D eigenvalue weighted by Gasteiger charge is 2.20. The lowest BCUT2D eigenvalue weighted by molar-refractivity contribution is -0.385. The molecule has 0 radical (unpaired) electrons. The number of rotatable bonds is 7. The molecule has 4 nitrogen and oxygen atoms in total. The molecule has 18 heavy (non-hydrogen) atoms. The minimum atomic E-state index is -0.326. The summed E-state index contributed by atoms with van der Waals surface area (Å²) >= 11 is 3.35. The minimum absolute atomic E-state index is 0.188. The van der Waals surface area contributed by atoms with Crippen LogP contribution in [0, 0.1) is 16.0 Å². The molecule has 0 heterocycles. The van der Waals surface area contributed by atoms with Gasteiger partial charge in [-0.15, -0.1) is 0 Å². The van der Waals surface area contributed by atoms with Gasteiger partial charge in [0.05, 0.1) is 4.92 Å². The van der Waals surface area contributed by atoms with Crippen LogP contribution < -0.4 is 5.32 Å². The fourth-order valence-electron chi connectivity index (χ4n) is 2.02. The van der Waals surface area contributed by atoms with Gasteiger partial charge >= 0.3 is 0 Å². The molecule has 0 unspecified atom stereocenters. The van der Waals surface area contributed by atoms with E-state index >= 15 is 0 Å². The van der Waals surface area contributed by atoms with E-state index in [9.17, 15) is 10.1 Å². The SMILES string of the molecule is O=[N+]([O-])c1ccc(Br)cc1CNCCCC1CC1. The maximum atomic E-state index is 10.9. The van der Waals surface area contributed by atoms with Gasteiger partial charge in [-0.05, 0) is 37.4 Å². The molecule has 0 saturated heterocycles. The molecule has 0 atom stereocenters. The van der Waals surface area contributed by atoms with Crippen molar-refractivity contribution in [1.82, 2.24) is 5.32 Å². The van der Waals surface area contributed by atoms with Crippen molar-refractivity contribution in [3.8, 4) is 0 Å². The van der Waals surface area contributed by atoms with Crippen molar-refractivity contribution in [2.24, 2.45) is 5.92 Å². The van der Waals surface area contributed by atoms with Crippen LogP contribution in [0.25, 0.3) is 0 Å². The van der Waals surface area contributed by atoms with Gasteiger partial charge in [0, 0.05) is 22.6 Å². The zero-order valence-electron chi connectivity index (χ0n) is 10.2. The molecule has 1 aliphatic carbocycles. The lowest BCUT2D eigenvalue weighted by Gasteiger charge is -2.06. The number of hydrogen-bond acceptors (Lipinski definition) is 3. The molecule has 1 N–H and O–H groups in total. The van der Waals surface area contributed by atoms with E-state index in [1.54, 1.807) is 12.1 Å². The van der Waals surface area contributed by atoms with Gasteiger partial charge in [-0.2, -0.15) is 0 Å². The maximum absolute atomic E-state index is 10.9. The first-order chi connectivity index (χ1) is 8.66. The second-order valence-electron chi connectivity index (χ2n) is 4.79. The summed E-state index contributed by atoms with van der Waals surface area (Å²) in [7, 11) is 0. The van der Waals surface area contributed by atoms with Crippen molar-refractivity contribution < 1.29 is 4.92 Å². The second kappa shape index (κ2) is 6.29. The Bertz CT molecular complexity index is 433. The first kappa shape index (κ1) is 13.5. The van der Waals surface area contributed by atoms with Crippen LogP contribution >= 0.6 is 15.9 Å². The van der Waals surface area contributed by atoms with E-state index in [4.69, 9.17) is 0 Å². The summed E-state index contributed by atoms with van der Waals surface area (Å²) in [6.07, 6.45) is 5.22. The molecular weight excluding hydrogens is 296 g/mol. The number of nitro benzene ring substituents is 1. The Morgan fingerprint density at radius 2 is 2.22 bits per heavy atom. The standard InChI is InChI=1S/C13H17BrN2O2/c14-12-5-6-13(16(17)18)11(8-12)9-15-7-1-2-10-3-4-10/h5-6,8,10,15H,1-4,7,9H2. The van der Waals surface area contributed by atoms with Crippen molar-refractivity contribution in [2.45, 2.75) is 32.2 Å². The Morgan fingerprint density at radius 3 is 2.89 bits per heavy atom.